The normalized spacial score (nSPS) is 18.3. The number of carbonyl (C=O) groups excluding carboxylic acids is 1. The van der Waals surface area contributed by atoms with Gasteiger partial charge in [-0.05, 0) is 51.8 Å². The predicted molar refractivity (Wildman–Crippen MR) is 126 cm³/mol. The van der Waals surface area contributed by atoms with Crippen molar-refractivity contribution >= 4 is 11.7 Å². The minimum absolute atomic E-state index is 0.232. The summed E-state index contributed by atoms with van der Waals surface area (Å²) in [6, 6.07) is 10.6. The number of carbonyl (C=O) groups is 1. The summed E-state index contributed by atoms with van der Waals surface area (Å²) in [5, 5.41) is 4.98. The van der Waals surface area contributed by atoms with Crippen molar-refractivity contribution in [1.82, 2.24) is 19.6 Å². The van der Waals surface area contributed by atoms with Gasteiger partial charge in [0.1, 0.15) is 5.82 Å². The van der Waals surface area contributed by atoms with Gasteiger partial charge in [-0.2, -0.15) is 5.10 Å². The van der Waals surface area contributed by atoms with Gasteiger partial charge in [-0.3, -0.25) is 4.79 Å². The molecule has 0 spiro atoms. The molecule has 1 aliphatic heterocycles. The summed E-state index contributed by atoms with van der Waals surface area (Å²) < 4.78 is 2.10. The molecule has 1 saturated carbocycles. The van der Waals surface area contributed by atoms with E-state index in [9.17, 15) is 4.79 Å². The number of para-hydroxylation sites is 1. The number of nitrogens with zero attached hydrogens (tertiary/aromatic N) is 5. The van der Waals surface area contributed by atoms with Crippen LogP contribution in [0.15, 0.2) is 30.3 Å². The topological polar surface area (TPSA) is 44.6 Å². The Labute approximate surface area is 186 Å². The molecular formula is C25H37N5O. The maximum atomic E-state index is 13.1. The van der Waals surface area contributed by atoms with Gasteiger partial charge in [0, 0.05) is 43.7 Å². The highest BCUT2D eigenvalue weighted by atomic mass is 16.2. The van der Waals surface area contributed by atoms with Crippen LogP contribution in [0.5, 0.6) is 0 Å². The highest BCUT2D eigenvalue weighted by Gasteiger charge is 2.36. The third-order valence-electron chi connectivity index (χ3n) is 6.94. The fourth-order valence-corrected chi connectivity index (χ4v) is 4.49. The molecule has 168 valence electrons. The molecular weight excluding hydrogens is 386 g/mol. The first kappa shape index (κ1) is 21.9. The van der Waals surface area contributed by atoms with Crippen LogP contribution in [-0.2, 0) is 11.3 Å². The summed E-state index contributed by atoms with van der Waals surface area (Å²) in [6.07, 6.45) is 3.05. The van der Waals surface area contributed by atoms with Gasteiger partial charge in [0.15, 0.2) is 0 Å². The zero-order chi connectivity index (χ0) is 22.0. The molecule has 0 N–H and O–H groups in total. The fraction of sp³-hybridized carbons (Fsp3) is 0.600. The van der Waals surface area contributed by atoms with Gasteiger partial charge >= 0.3 is 0 Å². The lowest BCUT2D eigenvalue weighted by molar-refractivity contribution is -0.135. The van der Waals surface area contributed by atoms with Crippen LogP contribution in [0.1, 0.15) is 51.3 Å². The van der Waals surface area contributed by atoms with E-state index in [1.807, 2.05) is 6.07 Å². The number of likely N-dealkylation sites (N-methyl/N-ethyl adjacent to an activating group) is 1. The van der Waals surface area contributed by atoms with Crippen molar-refractivity contribution in [2.24, 2.45) is 5.92 Å². The molecule has 1 amide bonds. The minimum Gasteiger partial charge on any atom is -0.354 e. The van der Waals surface area contributed by atoms with Crippen LogP contribution in [-0.4, -0.2) is 64.3 Å². The predicted octanol–water partition coefficient (Wildman–Crippen LogP) is 3.86. The maximum absolute atomic E-state index is 13.1. The number of anilines is 1. The van der Waals surface area contributed by atoms with Gasteiger partial charge in [-0.25, -0.2) is 4.68 Å². The Morgan fingerprint density at radius 2 is 1.81 bits per heavy atom. The Hall–Kier alpha value is -2.34. The molecule has 4 rings (SSSR count). The first-order valence-corrected chi connectivity index (χ1v) is 11.9. The lowest BCUT2D eigenvalue weighted by Crippen LogP contribution is -2.47. The van der Waals surface area contributed by atoms with Gasteiger partial charge in [0.05, 0.1) is 17.9 Å². The molecule has 1 aliphatic carbocycles. The molecule has 6 heteroatoms. The van der Waals surface area contributed by atoms with Crippen LogP contribution >= 0.6 is 0 Å². The van der Waals surface area contributed by atoms with Gasteiger partial charge in [0.2, 0.25) is 5.91 Å². The van der Waals surface area contributed by atoms with Crippen molar-refractivity contribution in [3.8, 4) is 5.69 Å². The monoisotopic (exact) mass is 423 g/mol. The number of aryl methyl sites for hydroxylation is 1. The summed E-state index contributed by atoms with van der Waals surface area (Å²) in [4.78, 5) is 20.2. The first-order valence-electron chi connectivity index (χ1n) is 11.9. The van der Waals surface area contributed by atoms with Crippen LogP contribution in [0.3, 0.4) is 0 Å². The van der Waals surface area contributed by atoms with E-state index < -0.39 is 0 Å². The average molecular weight is 424 g/mol. The molecule has 0 radical (unpaired) electrons. The van der Waals surface area contributed by atoms with E-state index >= 15 is 0 Å². The van der Waals surface area contributed by atoms with E-state index in [0.717, 1.165) is 69.2 Å². The number of piperazine rings is 1. The standard InChI is InChI=1S/C25H37N5O/c1-5-19(3)29(25(31)21-12-13-21)18-23-20(4)26-30(22-10-8-7-9-11-22)24(23)28-16-14-27(6-2)15-17-28/h7-11,19,21H,5-6,12-18H2,1-4H3/t19-/m0/s1. The minimum atomic E-state index is 0.232. The first-order chi connectivity index (χ1) is 15.0. The summed E-state index contributed by atoms with van der Waals surface area (Å²) >= 11 is 0. The third kappa shape index (κ3) is 4.64. The second-order valence-electron chi connectivity index (χ2n) is 9.05. The molecule has 1 aromatic carbocycles. The molecule has 1 atom stereocenters. The summed E-state index contributed by atoms with van der Waals surface area (Å²) in [7, 11) is 0. The van der Waals surface area contributed by atoms with Crippen molar-refractivity contribution in [3.63, 3.8) is 0 Å². The summed E-state index contributed by atoms with van der Waals surface area (Å²) in [5.74, 6) is 1.72. The summed E-state index contributed by atoms with van der Waals surface area (Å²) in [5.41, 5.74) is 3.30. The molecule has 6 nitrogen and oxygen atoms in total. The Morgan fingerprint density at radius 3 is 2.39 bits per heavy atom. The highest BCUT2D eigenvalue weighted by Crippen LogP contribution is 2.35. The third-order valence-corrected chi connectivity index (χ3v) is 6.94. The molecule has 2 aromatic rings. The van der Waals surface area contributed by atoms with Crippen LogP contribution in [0.25, 0.3) is 5.69 Å². The van der Waals surface area contributed by atoms with E-state index in [1.165, 1.54) is 5.56 Å². The second kappa shape index (κ2) is 9.43. The average Bonchev–Trinajstić information content (AvgIpc) is 3.61. The quantitative estimate of drug-likeness (QED) is 0.647. The van der Waals surface area contributed by atoms with Crippen molar-refractivity contribution in [2.75, 3.05) is 37.6 Å². The Morgan fingerprint density at radius 1 is 1.13 bits per heavy atom. The molecule has 0 bridgehead atoms. The van der Waals surface area contributed by atoms with Crippen LogP contribution in [0.2, 0.25) is 0 Å². The van der Waals surface area contributed by atoms with E-state index in [4.69, 9.17) is 5.10 Å². The molecule has 1 saturated heterocycles. The molecule has 31 heavy (non-hydrogen) atoms. The lowest BCUT2D eigenvalue weighted by atomic mass is 10.1. The van der Waals surface area contributed by atoms with E-state index in [-0.39, 0.29) is 12.0 Å². The van der Waals surface area contributed by atoms with Crippen LogP contribution in [0.4, 0.5) is 5.82 Å². The zero-order valence-corrected chi connectivity index (χ0v) is 19.5. The fourth-order valence-electron chi connectivity index (χ4n) is 4.49. The van der Waals surface area contributed by atoms with Gasteiger partial charge in [0.25, 0.3) is 0 Å². The second-order valence-corrected chi connectivity index (χ2v) is 9.05. The van der Waals surface area contributed by atoms with Crippen molar-refractivity contribution in [1.29, 1.82) is 0 Å². The van der Waals surface area contributed by atoms with E-state index in [2.05, 4.69) is 71.3 Å². The Bertz CT molecular complexity index is 881. The zero-order valence-electron chi connectivity index (χ0n) is 19.5. The number of benzene rings is 1. The molecule has 2 fully saturated rings. The van der Waals surface area contributed by atoms with Crippen LogP contribution < -0.4 is 4.90 Å². The van der Waals surface area contributed by atoms with Crippen LogP contribution in [0, 0.1) is 12.8 Å². The SMILES string of the molecule is CC[C@H](C)N(Cc1c(C)nn(-c2ccccc2)c1N1CCN(CC)CC1)C(=O)C1CC1. The van der Waals surface area contributed by atoms with E-state index in [0.29, 0.717) is 12.5 Å². The lowest BCUT2D eigenvalue weighted by Gasteiger charge is -2.37. The number of hydrogen-bond donors (Lipinski definition) is 0. The molecule has 0 unspecified atom stereocenters. The Balaban J connectivity index is 1.72. The van der Waals surface area contributed by atoms with Crippen molar-refractivity contribution in [3.05, 3.63) is 41.6 Å². The van der Waals surface area contributed by atoms with Crippen molar-refractivity contribution in [2.45, 2.75) is 59.5 Å². The summed E-state index contributed by atoms with van der Waals surface area (Å²) in [6.45, 7) is 14.5. The van der Waals surface area contributed by atoms with Gasteiger partial charge in [-0.1, -0.05) is 32.0 Å². The number of amides is 1. The molecule has 2 heterocycles. The highest BCUT2D eigenvalue weighted by molar-refractivity contribution is 5.81. The smallest absolute Gasteiger partial charge is 0.226 e. The largest absolute Gasteiger partial charge is 0.354 e. The molecule has 2 aliphatic rings. The number of rotatable bonds is 8. The maximum Gasteiger partial charge on any atom is 0.226 e. The van der Waals surface area contributed by atoms with Gasteiger partial charge in [-0.15, -0.1) is 0 Å². The Kier molecular flexibility index (Phi) is 6.65. The number of aromatic nitrogens is 2. The van der Waals surface area contributed by atoms with E-state index in [1.54, 1.807) is 0 Å². The molecule has 1 aromatic heterocycles. The van der Waals surface area contributed by atoms with Gasteiger partial charge < -0.3 is 14.7 Å². The number of hydrogen-bond acceptors (Lipinski definition) is 4. The van der Waals surface area contributed by atoms with Crippen molar-refractivity contribution < 1.29 is 4.79 Å².